The summed E-state index contributed by atoms with van der Waals surface area (Å²) in [5.74, 6) is 7.81. The summed E-state index contributed by atoms with van der Waals surface area (Å²) in [6, 6.07) is 27.3. The van der Waals surface area contributed by atoms with E-state index in [0.717, 1.165) is 58.1 Å². The van der Waals surface area contributed by atoms with Crippen molar-refractivity contribution in [1.82, 2.24) is 29.9 Å². The zero-order valence-corrected chi connectivity index (χ0v) is 29.8. The van der Waals surface area contributed by atoms with E-state index >= 15 is 0 Å². The highest BCUT2D eigenvalue weighted by atomic mass is 32.1. The van der Waals surface area contributed by atoms with Crippen LogP contribution in [0.3, 0.4) is 0 Å². The van der Waals surface area contributed by atoms with Crippen LogP contribution in [-0.4, -0.2) is 29.9 Å². The van der Waals surface area contributed by atoms with Crippen molar-refractivity contribution in [2.75, 3.05) is 0 Å². The Morgan fingerprint density at radius 3 is 1.83 bits per heavy atom. The van der Waals surface area contributed by atoms with Gasteiger partial charge in [-0.1, -0.05) is 72.5 Å². The van der Waals surface area contributed by atoms with Crippen molar-refractivity contribution in [3.8, 4) is 58.9 Å². The van der Waals surface area contributed by atoms with Gasteiger partial charge in [-0.05, 0) is 68.5 Å². The van der Waals surface area contributed by atoms with Crippen molar-refractivity contribution in [1.29, 1.82) is 0 Å². The molecule has 246 valence electrons. The van der Waals surface area contributed by atoms with E-state index in [1.807, 2.05) is 38.2 Å². The number of nitrogens with zero attached hydrogens (tertiary/aromatic N) is 6. The highest BCUT2D eigenvalue weighted by Crippen LogP contribution is 2.43. The van der Waals surface area contributed by atoms with Gasteiger partial charge in [-0.2, -0.15) is 0 Å². The molecule has 0 saturated heterocycles. The van der Waals surface area contributed by atoms with E-state index in [1.165, 1.54) is 16.4 Å². The summed E-state index contributed by atoms with van der Waals surface area (Å²) in [5.41, 5.74) is 4.17. The fraction of sp³-hybridized carbons (Fsp3) is 0.0455. The molecular weight excluding hydrogens is 677 g/mol. The first-order valence-electron chi connectivity index (χ1n) is 16.5. The molecule has 0 saturated carbocycles. The van der Waals surface area contributed by atoms with Crippen LogP contribution in [0.15, 0.2) is 122 Å². The molecule has 0 N–H and O–H groups in total. The molecule has 8 rings (SSSR count). The average molecular weight is 705 g/mol. The van der Waals surface area contributed by atoms with Crippen molar-refractivity contribution in [3.05, 3.63) is 133 Å². The fourth-order valence-corrected chi connectivity index (χ4v) is 8.65. The Balaban J connectivity index is 1.41. The van der Waals surface area contributed by atoms with Crippen LogP contribution < -0.4 is 0 Å². The van der Waals surface area contributed by atoms with E-state index in [4.69, 9.17) is 32.8 Å². The lowest BCUT2D eigenvalue weighted by Crippen LogP contribution is -2.03. The van der Waals surface area contributed by atoms with Crippen LogP contribution in [0.4, 0.5) is 0 Å². The molecule has 4 heterocycles. The minimum atomic E-state index is 0.521. The molecule has 0 fully saturated rings. The van der Waals surface area contributed by atoms with E-state index in [1.54, 1.807) is 34.8 Å². The number of fused-ring (bicyclic) bond motifs is 6. The third-order valence-electron chi connectivity index (χ3n) is 8.69. The fourth-order valence-electron chi connectivity index (χ4n) is 6.24. The van der Waals surface area contributed by atoms with Gasteiger partial charge in [0.25, 0.3) is 0 Å². The third-order valence-corrected chi connectivity index (χ3v) is 11.1. The lowest BCUT2D eigenvalue weighted by molar-refractivity contribution is 1.03. The highest BCUT2D eigenvalue weighted by Gasteiger charge is 2.21. The van der Waals surface area contributed by atoms with Crippen LogP contribution in [-0.2, 0) is 0 Å². The Labute approximate surface area is 308 Å². The lowest BCUT2D eigenvalue weighted by atomic mass is 10.0. The number of thiophene rings is 2. The molecule has 6 nitrogen and oxygen atoms in total. The summed E-state index contributed by atoms with van der Waals surface area (Å²) in [4.78, 5) is 29.4. The van der Waals surface area contributed by atoms with Crippen molar-refractivity contribution in [2.24, 2.45) is 0 Å². The predicted molar refractivity (Wildman–Crippen MR) is 219 cm³/mol. The van der Waals surface area contributed by atoms with Crippen molar-refractivity contribution < 1.29 is 0 Å². The zero-order chi connectivity index (χ0) is 35.6. The monoisotopic (exact) mass is 704 g/mol. The summed E-state index contributed by atoms with van der Waals surface area (Å²) < 4.78 is 4.52. The Kier molecular flexibility index (Phi) is 8.76. The van der Waals surface area contributed by atoms with Gasteiger partial charge in [0.1, 0.15) is 6.33 Å². The first kappa shape index (κ1) is 32.6. The molecule has 8 heteroatoms. The van der Waals surface area contributed by atoms with E-state index in [2.05, 4.69) is 101 Å². The number of hydrogen-bond donors (Lipinski definition) is 0. The SMILES string of the molecule is C#C/C=C\C(=C/C)c1ncnc(-c2cc(-c3nc(C(/C=C\C#C)=C/C)nc(-c4cccc5c4sc4ccccc45)n3)c3sc4ccccc4c3c2)n1. The Hall–Kier alpha value is -6.58. The summed E-state index contributed by atoms with van der Waals surface area (Å²) in [6.45, 7) is 3.88. The van der Waals surface area contributed by atoms with Gasteiger partial charge in [0.05, 0.1) is 0 Å². The molecule has 0 atom stereocenters. The quantitative estimate of drug-likeness (QED) is 0.121. The second-order valence-corrected chi connectivity index (χ2v) is 13.8. The van der Waals surface area contributed by atoms with Gasteiger partial charge in [0, 0.05) is 68.2 Å². The molecule has 0 aliphatic carbocycles. The normalized spacial score (nSPS) is 12.5. The molecule has 52 heavy (non-hydrogen) atoms. The average Bonchev–Trinajstić information content (AvgIpc) is 3.77. The van der Waals surface area contributed by atoms with Gasteiger partial charge in [0.2, 0.25) is 0 Å². The van der Waals surface area contributed by atoms with Crippen LogP contribution in [0, 0.1) is 24.7 Å². The molecule has 0 bridgehead atoms. The number of rotatable bonds is 7. The van der Waals surface area contributed by atoms with Crippen LogP contribution >= 0.6 is 22.7 Å². The standard InChI is InChI=1S/C44H28N6S2/c1-5-9-16-27(7-3)40-45-26-46-41(47-40)29-24-34-31-19-12-14-23-37(31)52-39(34)35(25-29)44-49-42(28(8-4)17-10-6-2)48-43(50-44)33-21-15-20-32-30-18-11-13-22-36(30)51-38(32)33/h1-2,7-26H,3-4H3/b16-9-,17-10-,27-7+,28-8+. The highest BCUT2D eigenvalue weighted by molar-refractivity contribution is 7.26. The molecule has 4 aromatic heterocycles. The molecular formula is C44H28N6S2. The molecule has 8 aromatic rings. The topological polar surface area (TPSA) is 77.3 Å². The summed E-state index contributed by atoms with van der Waals surface area (Å²) in [5, 5.41) is 4.55. The Morgan fingerprint density at radius 2 is 1.15 bits per heavy atom. The summed E-state index contributed by atoms with van der Waals surface area (Å²) >= 11 is 3.44. The van der Waals surface area contributed by atoms with Gasteiger partial charge in [0.15, 0.2) is 29.1 Å². The van der Waals surface area contributed by atoms with Crippen molar-refractivity contribution >= 4 is 74.2 Å². The van der Waals surface area contributed by atoms with Gasteiger partial charge < -0.3 is 0 Å². The third kappa shape index (κ3) is 5.87. The van der Waals surface area contributed by atoms with Crippen LogP contribution in [0.1, 0.15) is 25.5 Å². The maximum absolute atomic E-state index is 5.64. The van der Waals surface area contributed by atoms with Crippen LogP contribution in [0.2, 0.25) is 0 Å². The smallest absolute Gasteiger partial charge is 0.165 e. The van der Waals surface area contributed by atoms with Crippen molar-refractivity contribution in [3.63, 3.8) is 0 Å². The molecule has 0 amide bonds. The maximum Gasteiger partial charge on any atom is 0.165 e. The second kappa shape index (κ2) is 14.0. The number of hydrogen-bond acceptors (Lipinski definition) is 8. The minimum absolute atomic E-state index is 0.521. The number of aromatic nitrogens is 6. The maximum atomic E-state index is 5.64. The molecule has 0 radical (unpaired) electrons. The summed E-state index contributed by atoms with van der Waals surface area (Å²) in [7, 11) is 0. The van der Waals surface area contributed by atoms with Gasteiger partial charge in [-0.15, -0.1) is 35.5 Å². The first-order valence-corrected chi connectivity index (χ1v) is 18.1. The largest absolute Gasteiger partial charge is 0.217 e. The van der Waals surface area contributed by atoms with Crippen LogP contribution in [0.25, 0.3) is 85.7 Å². The zero-order valence-electron chi connectivity index (χ0n) is 28.2. The minimum Gasteiger partial charge on any atom is -0.217 e. The number of terminal acetylenes is 2. The van der Waals surface area contributed by atoms with Crippen molar-refractivity contribution in [2.45, 2.75) is 13.8 Å². The molecule has 4 aromatic carbocycles. The number of allylic oxidation sites excluding steroid dienone is 8. The van der Waals surface area contributed by atoms with Gasteiger partial charge in [-0.3, -0.25) is 0 Å². The van der Waals surface area contributed by atoms with E-state index < -0.39 is 0 Å². The molecule has 0 aliphatic heterocycles. The van der Waals surface area contributed by atoms with Gasteiger partial charge in [-0.25, -0.2) is 29.9 Å². The lowest BCUT2D eigenvalue weighted by Gasteiger charge is -2.11. The van der Waals surface area contributed by atoms with E-state index in [0.29, 0.717) is 29.1 Å². The molecule has 0 spiro atoms. The first-order chi connectivity index (χ1) is 25.6. The molecule has 0 unspecified atom stereocenters. The predicted octanol–water partition coefficient (Wildman–Crippen LogP) is 11.0. The Morgan fingerprint density at radius 1 is 0.577 bits per heavy atom. The number of benzene rings is 4. The molecule has 0 aliphatic rings. The van der Waals surface area contributed by atoms with E-state index in [-0.39, 0.29) is 0 Å². The van der Waals surface area contributed by atoms with E-state index in [9.17, 15) is 0 Å². The second-order valence-electron chi connectivity index (χ2n) is 11.7. The summed E-state index contributed by atoms with van der Waals surface area (Å²) in [6.07, 6.45) is 23.5. The Bertz CT molecular complexity index is 2910. The van der Waals surface area contributed by atoms with Gasteiger partial charge >= 0.3 is 0 Å². The van der Waals surface area contributed by atoms with Crippen LogP contribution in [0.5, 0.6) is 0 Å².